The van der Waals surface area contributed by atoms with Crippen LogP contribution in [-0.2, 0) is 12.8 Å². The molecule has 2 aromatic heterocycles. The second kappa shape index (κ2) is 14.5. The van der Waals surface area contributed by atoms with Crippen LogP contribution in [0.15, 0.2) is 207 Å². The number of aromatic nitrogens is 2. The van der Waals surface area contributed by atoms with Gasteiger partial charge in [-0.2, -0.15) is 0 Å². The Morgan fingerprint density at radius 1 is 0.321 bits per heavy atom. The van der Waals surface area contributed by atoms with Crippen molar-refractivity contribution in [3.63, 3.8) is 0 Å². The van der Waals surface area contributed by atoms with Gasteiger partial charge in [-0.1, -0.05) is 109 Å². The summed E-state index contributed by atoms with van der Waals surface area (Å²) in [7, 11) is 0. The van der Waals surface area contributed by atoms with E-state index < -0.39 is 0 Å². The molecule has 10 aromatic rings. The van der Waals surface area contributed by atoms with Crippen LogP contribution in [0.4, 0.5) is 34.1 Å². The van der Waals surface area contributed by atoms with Crippen LogP contribution < -0.4 is 9.80 Å². The van der Waals surface area contributed by atoms with E-state index in [4.69, 9.17) is 0 Å². The van der Waals surface area contributed by atoms with Crippen LogP contribution in [0, 0.1) is 0 Å². The summed E-state index contributed by atoms with van der Waals surface area (Å²) in [5.74, 6) is 0. The molecule has 0 bridgehead atoms. The van der Waals surface area contributed by atoms with Gasteiger partial charge in [0.15, 0.2) is 0 Å². The summed E-state index contributed by atoms with van der Waals surface area (Å²) in [5.41, 5.74) is 11.7. The van der Waals surface area contributed by atoms with Crippen LogP contribution in [-0.4, -0.2) is 9.97 Å². The molecule has 0 atom stereocenters. The van der Waals surface area contributed by atoms with E-state index in [0.717, 1.165) is 47.0 Å². The number of hydrogen-bond acceptors (Lipinski definition) is 4. The van der Waals surface area contributed by atoms with Crippen molar-refractivity contribution in [1.82, 2.24) is 9.97 Å². The van der Waals surface area contributed by atoms with Crippen molar-refractivity contribution in [3.05, 3.63) is 229 Å². The van der Waals surface area contributed by atoms with Crippen molar-refractivity contribution in [2.24, 2.45) is 0 Å². The van der Waals surface area contributed by atoms with E-state index in [9.17, 15) is 0 Å². The summed E-state index contributed by atoms with van der Waals surface area (Å²) in [6, 6.07) is 65.9. The van der Waals surface area contributed by atoms with Crippen molar-refractivity contribution >= 4 is 66.4 Å². The van der Waals surface area contributed by atoms with Gasteiger partial charge in [-0.05, 0) is 129 Å². The molecular formula is C52H38N4. The summed E-state index contributed by atoms with van der Waals surface area (Å²) < 4.78 is 0. The predicted octanol–water partition coefficient (Wildman–Crippen LogP) is 13.5. The van der Waals surface area contributed by atoms with Crippen LogP contribution >= 0.6 is 0 Å². The van der Waals surface area contributed by atoms with Crippen molar-refractivity contribution in [2.75, 3.05) is 9.80 Å². The lowest BCUT2D eigenvalue weighted by Crippen LogP contribution is -2.11. The number of benzene rings is 8. The average Bonchev–Trinajstić information content (AvgIpc) is 3.26. The van der Waals surface area contributed by atoms with E-state index in [1.165, 1.54) is 54.6 Å². The van der Waals surface area contributed by atoms with Crippen LogP contribution in [0.25, 0.3) is 32.3 Å². The third kappa shape index (κ3) is 6.27. The van der Waals surface area contributed by atoms with Crippen LogP contribution in [0.1, 0.15) is 22.3 Å². The average molecular weight is 719 g/mol. The van der Waals surface area contributed by atoms with Gasteiger partial charge in [0.1, 0.15) is 0 Å². The minimum absolute atomic E-state index is 0.843. The quantitative estimate of drug-likeness (QED) is 0.132. The summed E-state index contributed by atoms with van der Waals surface area (Å²) in [6.07, 6.45) is 9.23. The first-order valence-corrected chi connectivity index (χ1v) is 19.1. The Hall–Kier alpha value is -7.30. The molecule has 2 heterocycles. The highest BCUT2D eigenvalue weighted by molar-refractivity contribution is 6.28. The maximum Gasteiger partial charge on any atom is 0.0540 e. The zero-order chi connectivity index (χ0) is 37.3. The molecule has 0 aliphatic carbocycles. The SMILES string of the molecule is c1ccc(N(c2ccc(Cc3cccnc3)cc2)c2ccc3ccc4c(N(c5ccccc5)c5ccc(Cc6cccnc6)cc5)ccc5ccc2c3c54)cc1. The molecule has 0 aliphatic heterocycles. The summed E-state index contributed by atoms with van der Waals surface area (Å²) in [4.78, 5) is 13.4. The van der Waals surface area contributed by atoms with Gasteiger partial charge >= 0.3 is 0 Å². The van der Waals surface area contributed by atoms with E-state index >= 15 is 0 Å². The molecule has 4 nitrogen and oxygen atoms in total. The molecule has 266 valence electrons. The number of anilines is 6. The van der Waals surface area contributed by atoms with E-state index in [1.807, 2.05) is 36.9 Å². The second-order valence-electron chi connectivity index (χ2n) is 14.3. The van der Waals surface area contributed by atoms with E-state index in [2.05, 4.69) is 190 Å². The van der Waals surface area contributed by atoms with Crippen molar-refractivity contribution < 1.29 is 0 Å². The largest absolute Gasteiger partial charge is 0.310 e. The molecule has 0 unspecified atom stereocenters. The topological polar surface area (TPSA) is 32.3 Å². The molecule has 4 heteroatoms. The molecule has 0 fully saturated rings. The highest BCUT2D eigenvalue weighted by Crippen LogP contribution is 2.47. The van der Waals surface area contributed by atoms with Gasteiger partial charge < -0.3 is 9.80 Å². The highest BCUT2D eigenvalue weighted by Gasteiger charge is 2.21. The molecule has 56 heavy (non-hydrogen) atoms. The van der Waals surface area contributed by atoms with Crippen LogP contribution in [0.2, 0.25) is 0 Å². The van der Waals surface area contributed by atoms with Crippen LogP contribution in [0.3, 0.4) is 0 Å². The molecule has 0 radical (unpaired) electrons. The molecule has 0 saturated carbocycles. The lowest BCUT2D eigenvalue weighted by atomic mass is 9.91. The maximum absolute atomic E-state index is 4.32. The molecule has 8 aromatic carbocycles. The number of rotatable bonds is 10. The van der Waals surface area contributed by atoms with Crippen LogP contribution in [0.5, 0.6) is 0 Å². The highest BCUT2D eigenvalue weighted by atomic mass is 15.1. The zero-order valence-electron chi connectivity index (χ0n) is 30.8. The molecule has 0 N–H and O–H groups in total. The molecule has 0 amide bonds. The van der Waals surface area contributed by atoms with Crippen molar-refractivity contribution in [2.45, 2.75) is 12.8 Å². The molecule has 10 rings (SSSR count). The lowest BCUT2D eigenvalue weighted by Gasteiger charge is -2.29. The minimum atomic E-state index is 0.843. The second-order valence-corrected chi connectivity index (χ2v) is 14.3. The minimum Gasteiger partial charge on any atom is -0.310 e. The monoisotopic (exact) mass is 718 g/mol. The van der Waals surface area contributed by atoms with E-state index in [0.29, 0.717) is 0 Å². The summed E-state index contributed by atoms with van der Waals surface area (Å²) in [6.45, 7) is 0. The van der Waals surface area contributed by atoms with Gasteiger partial charge in [0.05, 0.1) is 11.4 Å². The number of hydrogen-bond donors (Lipinski definition) is 0. The van der Waals surface area contributed by atoms with Gasteiger partial charge in [-0.15, -0.1) is 0 Å². The Morgan fingerprint density at radius 3 is 1.11 bits per heavy atom. The molecular weight excluding hydrogens is 681 g/mol. The summed E-state index contributed by atoms with van der Waals surface area (Å²) in [5, 5.41) is 7.43. The van der Waals surface area contributed by atoms with Gasteiger partial charge in [-0.3, -0.25) is 9.97 Å². The van der Waals surface area contributed by atoms with Crippen molar-refractivity contribution in [1.29, 1.82) is 0 Å². The fourth-order valence-corrected chi connectivity index (χ4v) is 8.17. The zero-order valence-corrected chi connectivity index (χ0v) is 30.8. The predicted molar refractivity (Wildman–Crippen MR) is 234 cm³/mol. The fourth-order valence-electron chi connectivity index (χ4n) is 8.17. The van der Waals surface area contributed by atoms with E-state index in [-0.39, 0.29) is 0 Å². The first-order valence-electron chi connectivity index (χ1n) is 19.1. The number of para-hydroxylation sites is 2. The lowest BCUT2D eigenvalue weighted by molar-refractivity contribution is 1.14. The van der Waals surface area contributed by atoms with Gasteiger partial charge in [0.25, 0.3) is 0 Å². The molecule has 0 aliphatic rings. The van der Waals surface area contributed by atoms with Gasteiger partial charge in [0, 0.05) is 58.3 Å². The van der Waals surface area contributed by atoms with E-state index in [1.54, 1.807) is 0 Å². The first kappa shape index (κ1) is 33.3. The van der Waals surface area contributed by atoms with Gasteiger partial charge in [0.2, 0.25) is 0 Å². The third-order valence-corrected chi connectivity index (χ3v) is 10.8. The Labute approximate surface area is 326 Å². The normalized spacial score (nSPS) is 11.4. The number of nitrogens with zero attached hydrogens (tertiary/aromatic N) is 4. The maximum atomic E-state index is 4.32. The Kier molecular flexibility index (Phi) is 8.62. The number of pyridine rings is 2. The summed E-state index contributed by atoms with van der Waals surface area (Å²) >= 11 is 0. The Bertz CT molecular complexity index is 2680. The molecule has 0 saturated heterocycles. The standard InChI is InChI=1S/C52H38N4/c1-3-11-43(12-4-1)55(45-23-15-37(16-24-45)33-39-9-7-31-53-35-39)49-29-21-41-20-28-48-50(30-22-42-19-27-47(49)51(41)52(42)48)56(44-13-5-2-6-14-44)46-25-17-38(18-26-46)34-40-10-8-32-54-36-40/h1-32,35-36H,33-34H2. The molecule has 0 spiro atoms. The van der Waals surface area contributed by atoms with Gasteiger partial charge in [-0.25, -0.2) is 0 Å². The fraction of sp³-hybridized carbons (Fsp3) is 0.0385. The smallest absolute Gasteiger partial charge is 0.0540 e. The van der Waals surface area contributed by atoms with Crippen molar-refractivity contribution in [3.8, 4) is 0 Å². The third-order valence-electron chi connectivity index (χ3n) is 10.8. The Morgan fingerprint density at radius 2 is 0.714 bits per heavy atom. The first-order chi connectivity index (χ1) is 27.8. The Balaban J connectivity index is 1.11.